The van der Waals surface area contributed by atoms with Crippen LogP contribution in [0.25, 0.3) is 0 Å². The summed E-state index contributed by atoms with van der Waals surface area (Å²) < 4.78 is 0. The number of nitrogens with one attached hydrogen (secondary N) is 2. The summed E-state index contributed by atoms with van der Waals surface area (Å²) in [6, 6.07) is 9.24. The molecule has 1 aromatic rings. The van der Waals surface area contributed by atoms with E-state index in [9.17, 15) is 5.11 Å². The molecule has 5 heteroatoms. The summed E-state index contributed by atoms with van der Waals surface area (Å²) in [5.41, 5.74) is 2.96. The van der Waals surface area contributed by atoms with E-state index in [0.717, 1.165) is 64.4 Å². The van der Waals surface area contributed by atoms with Crippen LogP contribution in [0.1, 0.15) is 51.2 Å². The van der Waals surface area contributed by atoms with E-state index in [1.54, 1.807) is 0 Å². The Morgan fingerprint density at radius 2 is 1.96 bits per heavy atom. The summed E-state index contributed by atoms with van der Waals surface area (Å²) in [6.45, 7) is 11.5. The average Bonchev–Trinajstić information content (AvgIpc) is 2.69. The molecule has 0 saturated heterocycles. The highest BCUT2D eigenvalue weighted by atomic mass is 16.3. The van der Waals surface area contributed by atoms with E-state index in [1.807, 2.05) is 0 Å². The Bertz CT molecular complexity index is 569. The quantitative estimate of drug-likeness (QED) is 0.435. The first-order valence-electron chi connectivity index (χ1n) is 10.6. The predicted octanol–water partition coefficient (Wildman–Crippen LogP) is 2.79. The monoisotopic (exact) mass is 374 g/mol. The normalized spacial score (nSPS) is 17.3. The van der Waals surface area contributed by atoms with Gasteiger partial charge in [-0.15, -0.1) is 0 Å². The first kappa shape index (κ1) is 21.7. The van der Waals surface area contributed by atoms with Crippen molar-refractivity contribution in [2.45, 2.75) is 59.0 Å². The van der Waals surface area contributed by atoms with Crippen LogP contribution in [-0.2, 0) is 13.0 Å². The molecule has 2 atom stereocenters. The molecule has 5 nitrogen and oxygen atoms in total. The first-order valence-corrected chi connectivity index (χ1v) is 10.6. The molecule has 0 fully saturated rings. The summed E-state index contributed by atoms with van der Waals surface area (Å²) in [7, 11) is 0. The molecule has 2 unspecified atom stereocenters. The molecule has 27 heavy (non-hydrogen) atoms. The lowest BCUT2D eigenvalue weighted by atomic mass is 9.99. The van der Waals surface area contributed by atoms with Crippen molar-refractivity contribution in [3.63, 3.8) is 0 Å². The van der Waals surface area contributed by atoms with Crippen molar-refractivity contribution in [1.82, 2.24) is 15.5 Å². The Morgan fingerprint density at radius 3 is 2.67 bits per heavy atom. The fraction of sp³-hybridized carbons (Fsp3) is 0.682. The Labute approximate surface area is 165 Å². The lowest BCUT2D eigenvalue weighted by Gasteiger charge is -2.34. The number of benzene rings is 1. The molecule has 2 rings (SSSR count). The maximum atomic E-state index is 9.24. The Morgan fingerprint density at radius 1 is 1.19 bits per heavy atom. The smallest absolute Gasteiger partial charge is 0.191 e. The largest absolute Gasteiger partial charge is 0.396 e. The van der Waals surface area contributed by atoms with Crippen LogP contribution in [0.15, 0.2) is 29.3 Å². The topological polar surface area (TPSA) is 59.9 Å². The minimum atomic E-state index is 0.248. The van der Waals surface area contributed by atoms with E-state index in [-0.39, 0.29) is 6.61 Å². The Kier molecular flexibility index (Phi) is 9.64. The van der Waals surface area contributed by atoms with Gasteiger partial charge in [-0.3, -0.25) is 9.89 Å². The molecule has 0 bridgehead atoms. The van der Waals surface area contributed by atoms with Crippen LogP contribution in [0.2, 0.25) is 0 Å². The van der Waals surface area contributed by atoms with Gasteiger partial charge in [-0.05, 0) is 50.2 Å². The second-order valence-corrected chi connectivity index (χ2v) is 7.61. The second kappa shape index (κ2) is 12.0. The number of nitrogens with zero attached hydrogens (tertiary/aromatic N) is 2. The minimum Gasteiger partial charge on any atom is -0.396 e. The summed E-state index contributed by atoms with van der Waals surface area (Å²) in [5, 5.41) is 16.1. The fourth-order valence-electron chi connectivity index (χ4n) is 3.75. The number of fused-ring (bicyclic) bond motifs is 1. The third-order valence-corrected chi connectivity index (χ3v) is 5.43. The zero-order valence-corrected chi connectivity index (χ0v) is 17.4. The molecule has 0 amide bonds. The molecule has 0 aliphatic carbocycles. The van der Waals surface area contributed by atoms with Crippen LogP contribution >= 0.6 is 0 Å². The number of aliphatic hydroxyl groups is 1. The highest BCUT2D eigenvalue weighted by Gasteiger charge is 2.20. The van der Waals surface area contributed by atoms with Crippen molar-refractivity contribution in [1.29, 1.82) is 0 Å². The maximum absolute atomic E-state index is 9.24. The van der Waals surface area contributed by atoms with Crippen molar-refractivity contribution in [3.8, 4) is 0 Å². The van der Waals surface area contributed by atoms with E-state index in [4.69, 9.17) is 4.99 Å². The van der Waals surface area contributed by atoms with Crippen molar-refractivity contribution in [3.05, 3.63) is 35.4 Å². The van der Waals surface area contributed by atoms with Gasteiger partial charge in [0.25, 0.3) is 0 Å². The van der Waals surface area contributed by atoms with Gasteiger partial charge in [0.2, 0.25) is 0 Å². The standard InChI is InChI=1S/C22H38N4O/c1-4-8-19(12-14-27)16-25-22(23-5-2)24-15-18(3)26-13-11-20-9-6-7-10-21(20)17-26/h6-7,9-10,18-19,27H,4-5,8,11-17H2,1-3H3,(H2,23,24,25). The number of aliphatic imine (C=N–C) groups is 1. The van der Waals surface area contributed by atoms with E-state index >= 15 is 0 Å². The fourth-order valence-corrected chi connectivity index (χ4v) is 3.75. The molecule has 1 aliphatic rings. The van der Waals surface area contributed by atoms with Crippen molar-refractivity contribution in [2.24, 2.45) is 10.9 Å². The lowest BCUT2D eigenvalue weighted by molar-refractivity contribution is 0.191. The van der Waals surface area contributed by atoms with Gasteiger partial charge in [0.05, 0.1) is 0 Å². The van der Waals surface area contributed by atoms with Gasteiger partial charge in [0.1, 0.15) is 0 Å². The number of hydrogen-bond acceptors (Lipinski definition) is 3. The van der Waals surface area contributed by atoms with E-state index in [2.05, 4.69) is 60.6 Å². The van der Waals surface area contributed by atoms with Gasteiger partial charge in [0, 0.05) is 45.4 Å². The molecule has 0 saturated carbocycles. The van der Waals surface area contributed by atoms with Gasteiger partial charge in [0.15, 0.2) is 5.96 Å². The van der Waals surface area contributed by atoms with Crippen molar-refractivity contribution < 1.29 is 5.11 Å². The number of hydrogen-bond donors (Lipinski definition) is 3. The molecule has 152 valence electrons. The molecular weight excluding hydrogens is 336 g/mol. The van der Waals surface area contributed by atoms with Crippen LogP contribution in [0, 0.1) is 5.92 Å². The molecule has 0 radical (unpaired) electrons. The Balaban J connectivity index is 1.86. The first-order chi connectivity index (χ1) is 13.2. The lowest BCUT2D eigenvalue weighted by Crippen LogP contribution is -2.47. The van der Waals surface area contributed by atoms with Crippen LogP contribution in [0.3, 0.4) is 0 Å². The highest BCUT2D eigenvalue weighted by Crippen LogP contribution is 2.20. The van der Waals surface area contributed by atoms with Gasteiger partial charge >= 0.3 is 0 Å². The van der Waals surface area contributed by atoms with Crippen LogP contribution in [0.5, 0.6) is 0 Å². The summed E-state index contributed by atoms with van der Waals surface area (Å²) >= 11 is 0. The Hall–Kier alpha value is -1.59. The molecule has 3 N–H and O–H groups in total. The molecule has 1 aliphatic heterocycles. The van der Waals surface area contributed by atoms with E-state index in [0.29, 0.717) is 12.0 Å². The average molecular weight is 375 g/mol. The van der Waals surface area contributed by atoms with Crippen LogP contribution < -0.4 is 10.6 Å². The number of rotatable bonds is 10. The summed E-state index contributed by atoms with van der Waals surface area (Å²) in [4.78, 5) is 7.32. The van der Waals surface area contributed by atoms with Crippen LogP contribution in [0.4, 0.5) is 0 Å². The van der Waals surface area contributed by atoms with Gasteiger partial charge < -0.3 is 15.7 Å². The third kappa shape index (κ3) is 7.15. The van der Waals surface area contributed by atoms with E-state index < -0.39 is 0 Å². The van der Waals surface area contributed by atoms with Gasteiger partial charge in [-0.25, -0.2) is 0 Å². The minimum absolute atomic E-state index is 0.248. The highest BCUT2D eigenvalue weighted by molar-refractivity contribution is 5.79. The molecule has 1 aromatic carbocycles. The van der Waals surface area contributed by atoms with Gasteiger partial charge in [-0.1, -0.05) is 37.6 Å². The van der Waals surface area contributed by atoms with Crippen LogP contribution in [-0.4, -0.2) is 54.8 Å². The molecular formula is C22H38N4O. The summed E-state index contributed by atoms with van der Waals surface area (Å²) in [5.74, 6) is 1.35. The molecule has 0 spiro atoms. The van der Waals surface area contributed by atoms with Crippen molar-refractivity contribution >= 4 is 5.96 Å². The summed E-state index contributed by atoms with van der Waals surface area (Å²) in [6.07, 6.45) is 4.22. The predicted molar refractivity (Wildman–Crippen MR) is 114 cm³/mol. The molecule has 0 aromatic heterocycles. The zero-order chi connectivity index (χ0) is 19.5. The van der Waals surface area contributed by atoms with Crippen molar-refractivity contribution in [2.75, 3.05) is 32.8 Å². The third-order valence-electron chi connectivity index (χ3n) is 5.43. The van der Waals surface area contributed by atoms with E-state index in [1.165, 1.54) is 11.1 Å². The zero-order valence-electron chi connectivity index (χ0n) is 17.4. The number of guanidine groups is 1. The maximum Gasteiger partial charge on any atom is 0.191 e. The SMILES string of the molecule is CCCC(CCO)CN=C(NCC)NCC(C)N1CCc2ccccc2C1. The number of aliphatic hydroxyl groups excluding tert-OH is 1. The van der Waals surface area contributed by atoms with Gasteiger partial charge in [-0.2, -0.15) is 0 Å². The molecule has 1 heterocycles. The second-order valence-electron chi connectivity index (χ2n) is 7.61.